The van der Waals surface area contributed by atoms with Crippen LogP contribution in [0.2, 0.25) is 0 Å². The lowest BCUT2D eigenvalue weighted by molar-refractivity contribution is 0.380. The second-order valence-corrected chi connectivity index (χ2v) is 8.35. The summed E-state index contributed by atoms with van der Waals surface area (Å²) in [5.41, 5.74) is 2.33. The minimum absolute atomic E-state index is 0.0195. The number of phenols is 4. The van der Waals surface area contributed by atoms with Gasteiger partial charge in [-0.15, -0.1) is 0 Å². The first kappa shape index (κ1) is 23.8. The molecule has 2 aromatic carbocycles. The Bertz CT molecular complexity index is 1340. The largest absolute Gasteiger partial charge is 0.508 e. The van der Waals surface area contributed by atoms with Crippen molar-refractivity contribution in [2.75, 3.05) is 7.11 Å². The molecule has 0 aliphatic carbocycles. The molecular weight excluding hydrogens is 424 g/mol. The number of hydrogen-bond donors (Lipinski definition) is 4. The van der Waals surface area contributed by atoms with Gasteiger partial charge in [0, 0.05) is 23.3 Å². The van der Waals surface area contributed by atoms with Gasteiger partial charge < -0.3 is 29.6 Å². The van der Waals surface area contributed by atoms with Gasteiger partial charge in [0.05, 0.1) is 12.7 Å². The first-order chi connectivity index (χ1) is 15.5. The van der Waals surface area contributed by atoms with E-state index in [1.807, 2.05) is 39.8 Å². The average molecular weight is 453 g/mol. The van der Waals surface area contributed by atoms with Gasteiger partial charge in [0.15, 0.2) is 11.5 Å². The molecule has 0 unspecified atom stereocenters. The van der Waals surface area contributed by atoms with Crippen molar-refractivity contribution in [1.82, 2.24) is 0 Å². The lowest BCUT2D eigenvalue weighted by atomic mass is 9.96. The Kier molecular flexibility index (Phi) is 6.72. The van der Waals surface area contributed by atoms with Crippen LogP contribution in [0.1, 0.15) is 38.8 Å². The van der Waals surface area contributed by atoms with E-state index in [0.717, 1.165) is 17.2 Å². The Morgan fingerprint density at radius 3 is 2.09 bits per heavy atom. The molecule has 1 aromatic heterocycles. The van der Waals surface area contributed by atoms with E-state index in [1.165, 1.54) is 19.2 Å². The summed E-state index contributed by atoms with van der Waals surface area (Å²) >= 11 is 0. The Balaban J connectivity index is 2.46. The fraction of sp³-hybridized carbons (Fsp3) is 0.269. The highest BCUT2D eigenvalue weighted by molar-refractivity contribution is 5.88. The first-order valence-electron chi connectivity index (χ1n) is 10.5. The van der Waals surface area contributed by atoms with E-state index in [0.29, 0.717) is 5.56 Å². The van der Waals surface area contributed by atoms with Gasteiger partial charge >= 0.3 is 0 Å². The molecule has 174 valence electrons. The number of rotatable bonds is 6. The smallest absolute Gasteiger partial charge is 0.200 e. The molecule has 0 fully saturated rings. The summed E-state index contributed by atoms with van der Waals surface area (Å²) < 4.78 is 11.6. The van der Waals surface area contributed by atoms with E-state index in [9.17, 15) is 25.2 Å². The highest BCUT2D eigenvalue weighted by atomic mass is 16.5. The Morgan fingerprint density at radius 2 is 1.52 bits per heavy atom. The zero-order valence-corrected chi connectivity index (χ0v) is 19.3. The van der Waals surface area contributed by atoms with Gasteiger partial charge in [-0.2, -0.15) is 0 Å². The van der Waals surface area contributed by atoms with Crippen LogP contribution >= 0.6 is 0 Å². The quantitative estimate of drug-likeness (QED) is 0.295. The van der Waals surface area contributed by atoms with Crippen LogP contribution in [0.15, 0.2) is 50.7 Å². The van der Waals surface area contributed by atoms with Crippen LogP contribution in [0, 0.1) is 0 Å². The topological polar surface area (TPSA) is 120 Å². The number of fused-ring (bicyclic) bond motifs is 1. The molecule has 0 spiro atoms. The van der Waals surface area contributed by atoms with Crippen molar-refractivity contribution >= 4 is 11.0 Å². The van der Waals surface area contributed by atoms with Crippen LogP contribution in [-0.4, -0.2) is 27.5 Å². The summed E-state index contributed by atoms with van der Waals surface area (Å²) in [6, 6.07) is 3.59. The number of aromatic hydroxyl groups is 4. The normalized spacial score (nSPS) is 10.8. The number of methoxy groups -OCH3 is 1. The van der Waals surface area contributed by atoms with E-state index in [1.54, 1.807) is 0 Å². The summed E-state index contributed by atoms with van der Waals surface area (Å²) in [6.45, 7) is 7.60. The molecule has 7 nitrogen and oxygen atoms in total. The van der Waals surface area contributed by atoms with Gasteiger partial charge in [-0.3, -0.25) is 4.79 Å². The van der Waals surface area contributed by atoms with Gasteiger partial charge in [-0.25, -0.2) is 0 Å². The predicted octanol–water partition coefficient (Wildman–Crippen LogP) is 5.31. The molecular formula is C26H28O7. The maximum atomic E-state index is 13.4. The minimum Gasteiger partial charge on any atom is -0.508 e. The summed E-state index contributed by atoms with van der Waals surface area (Å²) in [5, 5.41) is 41.1. The maximum absolute atomic E-state index is 13.4. The van der Waals surface area contributed by atoms with Gasteiger partial charge in [0.25, 0.3) is 0 Å². The molecule has 0 amide bonds. The molecule has 0 aliphatic heterocycles. The molecule has 33 heavy (non-hydrogen) atoms. The van der Waals surface area contributed by atoms with E-state index in [-0.39, 0.29) is 57.9 Å². The molecule has 0 aliphatic rings. The lowest BCUT2D eigenvalue weighted by Crippen LogP contribution is -2.11. The van der Waals surface area contributed by atoms with E-state index < -0.39 is 16.9 Å². The third-order valence-corrected chi connectivity index (χ3v) is 5.26. The van der Waals surface area contributed by atoms with Crippen LogP contribution in [-0.2, 0) is 12.8 Å². The average Bonchev–Trinajstić information content (AvgIpc) is 2.72. The van der Waals surface area contributed by atoms with Crippen LogP contribution in [0.5, 0.6) is 28.7 Å². The van der Waals surface area contributed by atoms with Crippen molar-refractivity contribution in [2.45, 2.75) is 40.5 Å². The molecule has 0 atom stereocenters. The molecule has 0 saturated heterocycles. The third-order valence-electron chi connectivity index (χ3n) is 5.26. The number of ether oxygens (including phenoxy) is 1. The first-order valence-corrected chi connectivity index (χ1v) is 10.5. The molecule has 0 bridgehead atoms. The monoisotopic (exact) mass is 452 g/mol. The van der Waals surface area contributed by atoms with Crippen molar-refractivity contribution in [2.24, 2.45) is 0 Å². The SMILES string of the molecule is COc1c(-c2oc3cc(O)cc(O)c3c(=O)c2CC=C(C)C)cc(O)c(O)c1CC=C(C)C. The van der Waals surface area contributed by atoms with Crippen molar-refractivity contribution in [3.63, 3.8) is 0 Å². The van der Waals surface area contributed by atoms with Crippen molar-refractivity contribution in [1.29, 1.82) is 0 Å². The van der Waals surface area contributed by atoms with Crippen molar-refractivity contribution in [3.05, 3.63) is 62.8 Å². The molecule has 1 heterocycles. The van der Waals surface area contributed by atoms with E-state index in [2.05, 4.69) is 0 Å². The van der Waals surface area contributed by atoms with Crippen molar-refractivity contribution in [3.8, 4) is 40.1 Å². The Morgan fingerprint density at radius 1 is 0.909 bits per heavy atom. The van der Waals surface area contributed by atoms with Crippen LogP contribution in [0.4, 0.5) is 0 Å². The molecule has 0 saturated carbocycles. The fourth-order valence-corrected chi connectivity index (χ4v) is 3.62. The van der Waals surface area contributed by atoms with Gasteiger partial charge in [0.2, 0.25) is 5.43 Å². The minimum atomic E-state index is -0.471. The zero-order valence-electron chi connectivity index (χ0n) is 19.3. The molecule has 7 heteroatoms. The predicted molar refractivity (Wildman–Crippen MR) is 127 cm³/mol. The van der Waals surface area contributed by atoms with Crippen LogP contribution in [0.25, 0.3) is 22.3 Å². The highest BCUT2D eigenvalue weighted by Gasteiger charge is 2.25. The summed E-state index contributed by atoms with van der Waals surface area (Å²) in [4.78, 5) is 13.4. The van der Waals surface area contributed by atoms with Crippen molar-refractivity contribution < 1.29 is 29.6 Å². The number of phenolic OH excluding ortho intramolecular Hbond substituents is 4. The summed E-state index contributed by atoms with van der Waals surface area (Å²) in [6.07, 6.45) is 4.19. The Labute approximate surface area is 191 Å². The fourth-order valence-electron chi connectivity index (χ4n) is 3.62. The van der Waals surface area contributed by atoms with Crippen LogP contribution < -0.4 is 10.2 Å². The second kappa shape index (κ2) is 9.32. The third kappa shape index (κ3) is 4.67. The molecule has 3 aromatic rings. The second-order valence-electron chi connectivity index (χ2n) is 8.35. The van der Waals surface area contributed by atoms with E-state index in [4.69, 9.17) is 9.15 Å². The maximum Gasteiger partial charge on any atom is 0.200 e. The number of benzene rings is 2. The van der Waals surface area contributed by atoms with Crippen LogP contribution in [0.3, 0.4) is 0 Å². The molecule has 4 N–H and O–H groups in total. The molecule has 3 rings (SSSR count). The number of allylic oxidation sites excluding steroid dienone is 4. The van der Waals surface area contributed by atoms with Gasteiger partial charge in [-0.05, 0) is 46.6 Å². The summed E-state index contributed by atoms with van der Waals surface area (Å²) in [5.74, 6) is -1.02. The van der Waals surface area contributed by atoms with Gasteiger partial charge in [0.1, 0.15) is 34.0 Å². The Hall–Kier alpha value is -3.87. The standard InChI is InChI=1S/C26H28O7/c1-13(2)6-8-16-23(30)20(29)12-18(25(16)32-5)26-17(9-7-14(3)4)24(31)22-19(28)10-15(27)11-21(22)33-26/h6-7,10-12,27-30H,8-9H2,1-5H3. The number of hydrogen-bond acceptors (Lipinski definition) is 7. The van der Waals surface area contributed by atoms with Gasteiger partial charge in [-0.1, -0.05) is 23.3 Å². The van der Waals surface area contributed by atoms with E-state index >= 15 is 0 Å². The lowest BCUT2D eigenvalue weighted by Gasteiger charge is -2.17. The summed E-state index contributed by atoms with van der Waals surface area (Å²) in [7, 11) is 1.42. The molecule has 0 radical (unpaired) electrons. The highest BCUT2D eigenvalue weighted by Crippen LogP contribution is 2.45. The zero-order chi connectivity index (χ0) is 24.4.